The van der Waals surface area contributed by atoms with Crippen LogP contribution in [-0.4, -0.2) is 23.6 Å². The van der Waals surface area contributed by atoms with E-state index in [-0.39, 0.29) is 11.9 Å². The van der Waals surface area contributed by atoms with E-state index in [1.807, 2.05) is 43.3 Å². The molecule has 0 bridgehead atoms. The Balaban J connectivity index is 2.04. The van der Waals surface area contributed by atoms with Gasteiger partial charge in [0.25, 0.3) is 0 Å². The Labute approximate surface area is 123 Å². The first-order valence-electron chi connectivity index (χ1n) is 6.57. The number of furan rings is 1. The van der Waals surface area contributed by atoms with Crippen LogP contribution in [0, 0.1) is 0 Å². The third-order valence-corrected chi connectivity index (χ3v) is 3.33. The Morgan fingerprint density at radius 3 is 2.60 bits per heavy atom. The molecule has 0 spiro atoms. The predicted molar refractivity (Wildman–Crippen MR) is 82.4 cm³/mol. The minimum absolute atomic E-state index is 0.0610. The molecule has 108 valence electrons. The Kier molecular flexibility index (Phi) is 5.32. The summed E-state index contributed by atoms with van der Waals surface area (Å²) in [5, 5.41) is 16.1. The van der Waals surface area contributed by atoms with Crippen molar-refractivity contribution in [1.82, 2.24) is 0 Å². The van der Waals surface area contributed by atoms with Crippen LogP contribution >= 0.6 is 11.6 Å². The number of aliphatic hydroxyl groups is 1. The summed E-state index contributed by atoms with van der Waals surface area (Å²) in [6.45, 7) is 2.44. The molecule has 2 atom stereocenters. The van der Waals surface area contributed by atoms with Crippen molar-refractivity contribution >= 4 is 23.0 Å². The first-order chi connectivity index (χ1) is 9.70. The molecule has 0 aliphatic rings. The highest BCUT2D eigenvalue weighted by Gasteiger charge is 2.10. The molecule has 2 rings (SSSR count). The van der Waals surface area contributed by atoms with E-state index in [9.17, 15) is 5.11 Å². The van der Waals surface area contributed by atoms with E-state index >= 15 is 0 Å². The standard InChI is InChI=1S/C15H19ClN2O2/c1-11(15-7-4-8-20-15)18-14-6-3-2-5-13(14)17-10-12(19)9-16/h2-8,11-12,17-19H,9-10H2,1H3. The summed E-state index contributed by atoms with van der Waals surface area (Å²) in [5.74, 6) is 1.09. The van der Waals surface area contributed by atoms with Gasteiger partial charge in [0.1, 0.15) is 5.76 Å². The molecule has 1 heterocycles. The molecule has 0 radical (unpaired) electrons. The first kappa shape index (κ1) is 14.8. The number of hydrogen-bond donors (Lipinski definition) is 3. The zero-order chi connectivity index (χ0) is 14.4. The van der Waals surface area contributed by atoms with Crippen molar-refractivity contribution in [3.8, 4) is 0 Å². The second-order valence-corrected chi connectivity index (χ2v) is 4.92. The zero-order valence-electron chi connectivity index (χ0n) is 11.3. The fourth-order valence-electron chi connectivity index (χ4n) is 1.89. The molecule has 2 aromatic rings. The van der Waals surface area contributed by atoms with Gasteiger partial charge in [-0.15, -0.1) is 11.6 Å². The van der Waals surface area contributed by atoms with Gasteiger partial charge in [-0.25, -0.2) is 0 Å². The Hall–Kier alpha value is -1.65. The maximum Gasteiger partial charge on any atom is 0.125 e. The maximum absolute atomic E-state index is 9.51. The minimum atomic E-state index is -0.563. The number of para-hydroxylation sites is 2. The monoisotopic (exact) mass is 294 g/mol. The summed E-state index contributed by atoms with van der Waals surface area (Å²) in [6, 6.07) is 11.7. The highest BCUT2D eigenvalue weighted by Crippen LogP contribution is 2.26. The molecule has 20 heavy (non-hydrogen) atoms. The summed E-state index contributed by atoms with van der Waals surface area (Å²) in [6.07, 6.45) is 1.10. The molecule has 0 amide bonds. The molecule has 5 heteroatoms. The highest BCUT2D eigenvalue weighted by molar-refractivity contribution is 6.18. The SMILES string of the molecule is CC(Nc1ccccc1NCC(O)CCl)c1ccco1. The quantitative estimate of drug-likeness (QED) is 0.685. The lowest BCUT2D eigenvalue weighted by molar-refractivity contribution is 0.211. The van der Waals surface area contributed by atoms with E-state index in [4.69, 9.17) is 16.0 Å². The molecule has 0 saturated heterocycles. The lowest BCUT2D eigenvalue weighted by Crippen LogP contribution is -2.21. The van der Waals surface area contributed by atoms with Crippen LogP contribution in [0.5, 0.6) is 0 Å². The van der Waals surface area contributed by atoms with Gasteiger partial charge in [0, 0.05) is 6.54 Å². The smallest absolute Gasteiger partial charge is 0.125 e. The van der Waals surface area contributed by atoms with E-state index < -0.39 is 6.10 Å². The van der Waals surface area contributed by atoms with Gasteiger partial charge >= 0.3 is 0 Å². The van der Waals surface area contributed by atoms with E-state index in [1.165, 1.54) is 0 Å². The van der Waals surface area contributed by atoms with Gasteiger partial charge in [-0.2, -0.15) is 0 Å². The number of nitrogens with one attached hydrogen (secondary N) is 2. The number of hydrogen-bond acceptors (Lipinski definition) is 4. The van der Waals surface area contributed by atoms with Crippen LogP contribution in [-0.2, 0) is 0 Å². The largest absolute Gasteiger partial charge is 0.467 e. The third kappa shape index (κ3) is 3.92. The van der Waals surface area contributed by atoms with Crippen LogP contribution in [0.4, 0.5) is 11.4 Å². The fraction of sp³-hybridized carbons (Fsp3) is 0.333. The van der Waals surface area contributed by atoms with Gasteiger partial charge in [0.15, 0.2) is 0 Å². The molecule has 0 saturated carbocycles. The van der Waals surface area contributed by atoms with Crippen LogP contribution in [0.3, 0.4) is 0 Å². The van der Waals surface area contributed by atoms with Crippen molar-refractivity contribution in [3.05, 3.63) is 48.4 Å². The van der Waals surface area contributed by atoms with Crippen molar-refractivity contribution in [1.29, 1.82) is 0 Å². The van der Waals surface area contributed by atoms with Crippen molar-refractivity contribution in [2.24, 2.45) is 0 Å². The van der Waals surface area contributed by atoms with E-state index in [0.29, 0.717) is 6.54 Å². The van der Waals surface area contributed by atoms with Crippen molar-refractivity contribution < 1.29 is 9.52 Å². The van der Waals surface area contributed by atoms with Crippen LogP contribution in [0.15, 0.2) is 47.1 Å². The first-order valence-corrected chi connectivity index (χ1v) is 7.11. The summed E-state index contributed by atoms with van der Waals surface area (Å²) in [7, 11) is 0. The van der Waals surface area contributed by atoms with Crippen molar-refractivity contribution in [2.45, 2.75) is 19.1 Å². The molecular weight excluding hydrogens is 276 g/mol. The van der Waals surface area contributed by atoms with Crippen LogP contribution < -0.4 is 10.6 Å². The molecule has 0 aliphatic heterocycles. The molecule has 3 N–H and O–H groups in total. The normalized spacial score (nSPS) is 13.8. The Bertz CT molecular complexity index is 516. The minimum Gasteiger partial charge on any atom is -0.467 e. The third-order valence-electron chi connectivity index (χ3n) is 2.98. The van der Waals surface area contributed by atoms with Gasteiger partial charge in [-0.1, -0.05) is 12.1 Å². The predicted octanol–water partition coefficient (Wildman–Crippen LogP) is 3.46. The molecule has 1 aromatic heterocycles. The molecule has 0 aliphatic carbocycles. The fourth-order valence-corrected chi connectivity index (χ4v) is 2.00. The Morgan fingerprint density at radius 1 is 1.20 bits per heavy atom. The van der Waals surface area contributed by atoms with Crippen LogP contribution in [0.1, 0.15) is 18.7 Å². The zero-order valence-corrected chi connectivity index (χ0v) is 12.1. The molecule has 1 aromatic carbocycles. The van der Waals surface area contributed by atoms with Gasteiger partial charge in [0.05, 0.1) is 35.7 Å². The maximum atomic E-state index is 9.51. The second kappa shape index (κ2) is 7.22. The van der Waals surface area contributed by atoms with E-state index in [2.05, 4.69) is 10.6 Å². The van der Waals surface area contributed by atoms with Gasteiger partial charge in [-0.05, 0) is 31.2 Å². The summed E-state index contributed by atoms with van der Waals surface area (Å²) in [4.78, 5) is 0. The van der Waals surface area contributed by atoms with E-state index in [0.717, 1.165) is 17.1 Å². The van der Waals surface area contributed by atoms with Gasteiger partial charge in [0.2, 0.25) is 0 Å². The summed E-state index contributed by atoms with van der Waals surface area (Å²) < 4.78 is 5.38. The number of halogens is 1. The van der Waals surface area contributed by atoms with Crippen LogP contribution in [0.25, 0.3) is 0 Å². The number of anilines is 2. The molecule has 4 nitrogen and oxygen atoms in total. The van der Waals surface area contributed by atoms with Crippen molar-refractivity contribution in [2.75, 3.05) is 23.1 Å². The highest BCUT2D eigenvalue weighted by atomic mass is 35.5. The van der Waals surface area contributed by atoms with Gasteiger partial charge < -0.3 is 20.2 Å². The lowest BCUT2D eigenvalue weighted by Gasteiger charge is -2.18. The molecule has 2 unspecified atom stereocenters. The summed E-state index contributed by atoms with van der Waals surface area (Å²) in [5.41, 5.74) is 1.88. The van der Waals surface area contributed by atoms with Gasteiger partial charge in [-0.3, -0.25) is 0 Å². The Morgan fingerprint density at radius 2 is 1.95 bits per heavy atom. The lowest BCUT2D eigenvalue weighted by atomic mass is 10.2. The molecular formula is C15H19ClN2O2. The number of alkyl halides is 1. The average Bonchev–Trinajstić information content (AvgIpc) is 3.00. The number of benzene rings is 1. The molecule has 0 fully saturated rings. The van der Waals surface area contributed by atoms with E-state index in [1.54, 1.807) is 6.26 Å². The van der Waals surface area contributed by atoms with Crippen molar-refractivity contribution in [3.63, 3.8) is 0 Å². The summed E-state index contributed by atoms with van der Waals surface area (Å²) >= 11 is 5.59. The number of rotatable bonds is 7. The average molecular weight is 295 g/mol. The topological polar surface area (TPSA) is 57.4 Å². The second-order valence-electron chi connectivity index (χ2n) is 4.62. The number of aliphatic hydroxyl groups excluding tert-OH is 1. The van der Waals surface area contributed by atoms with Crippen LogP contribution in [0.2, 0.25) is 0 Å².